The van der Waals surface area contributed by atoms with Crippen LogP contribution in [0.3, 0.4) is 0 Å². The summed E-state index contributed by atoms with van der Waals surface area (Å²) in [7, 11) is 0. The Morgan fingerprint density at radius 1 is 1.19 bits per heavy atom. The first kappa shape index (κ1) is 14.4. The maximum absolute atomic E-state index is 13.3. The Labute approximate surface area is 128 Å². The smallest absolute Gasteiger partial charge is 0.141 e. The number of hydrogen-bond acceptors (Lipinski definition) is 2. The number of halogens is 2. The van der Waals surface area contributed by atoms with E-state index in [1.807, 2.05) is 18.2 Å². The van der Waals surface area contributed by atoms with Crippen molar-refractivity contribution >= 4 is 17.3 Å². The molecule has 0 unspecified atom stereocenters. The van der Waals surface area contributed by atoms with Gasteiger partial charge in [-0.2, -0.15) is 0 Å². The van der Waals surface area contributed by atoms with E-state index in [1.54, 1.807) is 12.1 Å². The molecule has 21 heavy (non-hydrogen) atoms. The Kier molecular flexibility index (Phi) is 4.13. The van der Waals surface area contributed by atoms with Crippen LogP contribution >= 0.6 is 11.6 Å². The molecule has 1 saturated heterocycles. The van der Waals surface area contributed by atoms with Crippen molar-refractivity contribution in [2.24, 2.45) is 0 Å². The third-order valence-corrected chi connectivity index (χ3v) is 4.49. The summed E-state index contributed by atoms with van der Waals surface area (Å²) in [4.78, 5) is 2.11. The fourth-order valence-electron chi connectivity index (χ4n) is 3.15. The normalized spacial score (nSPS) is 21.8. The molecule has 0 bridgehead atoms. The summed E-state index contributed by atoms with van der Waals surface area (Å²) in [6.07, 6.45) is 0.963. The fourth-order valence-corrected chi connectivity index (χ4v) is 3.33. The number of anilines is 1. The quantitative estimate of drug-likeness (QED) is 0.931. The van der Waals surface area contributed by atoms with Crippen molar-refractivity contribution in [3.05, 3.63) is 64.9 Å². The lowest BCUT2D eigenvalue weighted by Crippen LogP contribution is -2.35. The Balaban J connectivity index is 1.89. The van der Waals surface area contributed by atoms with Crippen LogP contribution in [0.2, 0.25) is 5.02 Å². The molecule has 1 fully saturated rings. The molecule has 0 aliphatic carbocycles. The third kappa shape index (κ3) is 2.76. The predicted octanol–water partition coefficient (Wildman–Crippen LogP) is 3.83. The van der Waals surface area contributed by atoms with Crippen molar-refractivity contribution < 1.29 is 9.50 Å². The maximum atomic E-state index is 13.3. The van der Waals surface area contributed by atoms with Gasteiger partial charge in [0.25, 0.3) is 0 Å². The largest absolute Gasteiger partial charge is 0.394 e. The summed E-state index contributed by atoms with van der Waals surface area (Å²) >= 11 is 5.87. The van der Waals surface area contributed by atoms with E-state index in [0.29, 0.717) is 0 Å². The molecule has 2 atom stereocenters. The summed E-state index contributed by atoms with van der Waals surface area (Å²) in [5.41, 5.74) is 2.09. The second kappa shape index (κ2) is 6.04. The van der Waals surface area contributed by atoms with Crippen LogP contribution in [0.15, 0.2) is 48.5 Å². The summed E-state index contributed by atoms with van der Waals surface area (Å²) in [5.74, 6) is -0.139. The van der Waals surface area contributed by atoms with Crippen molar-refractivity contribution in [3.8, 4) is 0 Å². The molecule has 0 radical (unpaired) electrons. The van der Waals surface area contributed by atoms with Gasteiger partial charge in [0.1, 0.15) is 5.82 Å². The highest BCUT2D eigenvalue weighted by molar-refractivity contribution is 6.31. The number of aliphatic hydroxyl groups excluding tert-OH is 1. The average molecular weight is 306 g/mol. The number of nitrogens with zero attached hydrogens (tertiary/aromatic N) is 1. The van der Waals surface area contributed by atoms with Crippen molar-refractivity contribution in [1.29, 1.82) is 0 Å². The van der Waals surface area contributed by atoms with Gasteiger partial charge in [-0.3, -0.25) is 0 Å². The van der Waals surface area contributed by atoms with E-state index in [1.165, 1.54) is 11.6 Å². The van der Waals surface area contributed by atoms with Gasteiger partial charge in [-0.1, -0.05) is 41.9 Å². The second-order valence-electron chi connectivity index (χ2n) is 5.35. The van der Waals surface area contributed by atoms with Crippen LogP contribution < -0.4 is 4.90 Å². The molecule has 2 aromatic carbocycles. The zero-order valence-corrected chi connectivity index (χ0v) is 12.3. The maximum Gasteiger partial charge on any atom is 0.141 e. The van der Waals surface area contributed by atoms with E-state index in [9.17, 15) is 9.50 Å². The van der Waals surface area contributed by atoms with Gasteiger partial charge in [-0.15, -0.1) is 0 Å². The van der Waals surface area contributed by atoms with Gasteiger partial charge in [-0.25, -0.2) is 4.39 Å². The van der Waals surface area contributed by atoms with Gasteiger partial charge in [-0.05, 0) is 30.2 Å². The molecule has 1 aliphatic rings. The summed E-state index contributed by atoms with van der Waals surface area (Å²) in [5, 5.41) is 9.92. The lowest BCUT2D eigenvalue weighted by molar-refractivity contribution is 0.257. The Bertz CT molecular complexity index is 619. The van der Waals surface area contributed by atoms with E-state index in [0.717, 1.165) is 18.7 Å². The van der Waals surface area contributed by atoms with Crippen LogP contribution in [0.5, 0.6) is 0 Å². The van der Waals surface area contributed by atoms with Gasteiger partial charge in [0.05, 0.1) is 17.7 Å². The van der Waals surface area contributed by atoms with Crippen LogP contribution in [0, 0.1) is 5.82 Å². The number of aliphatic hydroxyl groups is 1. The van der Waals surface area contributed by atoms with E-state index in [2.05, 4.69) is 17.0 Å². The minimum atomic E-state index is -0.417. The van der Waals surface area contributed by atoms with Crippen molar-refractivity contribution in [2.75, 3.05) is 18.1 Å². The molecule has 1 aliphatic heterocycles. The second-order valence-corrected chi connectivity index (χ2v) is 5.75. The van der Waals surface area contributed by atoms with Crippen LogP contribution in [0.4, 0.5) is 10.1 Å². The Morgan fingerprint density at radius 3 is 2.62 bits per heavy atom. The lowest BCUT2D eigenvalue weighted by Gasteiger charge is -2.29. The van der Waals surface area contributed by atoms with E-state index in [-0.39, 0.29) is 23.6 Å². The molecule has 0 saturated carbocycles. The third-order valence-electron chi connectivity index (χ3n) is 4.20. The standard InChI is InChI=1S/C17H17ClFNO/c18-15-10-13(6-7-16(15)19)20-9-8-14(17(20)11-21)12-4-2-1-3-5-12/h1-7,10,14,17,21H,8-9,11H2/t14-,17-/m0/s1. The molecule has 0 aromatic heterocycles. The van der Waals surface area contributed by atoms with Gasteiger partial charge in [0.15, 0.2) is 0 Å². The molecule has 2 nitrogen and oxygen atoms in total. The zero-order valence-electron chi connectivity index (χ0n) is 11.5. The fraction of sp³-hybridized carbons (Fsp3) is 0.294. The van der Waals surface area contributed by atoms with Crippen LogP contribution in [-0.2, 0) is 0 Å². The van der Waals surface area contributed by atoms with Gasteiger partial charge in [0, 0.05) is 18.2 Å². The molecule has 1 N–H and O–H groups in total. The molecule has 1 heterocycles. The lowest BCUT2D eigenvalue weighted by atomic mass is 9.92. The van der Waals surface area contributed by atoms with Gasteiger partial charge in [0.2, 0.25) is 0 Å². The average Bonchev–Trinajstić information content (AvgIpc) is 2.94. The summed E-state index contributed by atoms with van der Waals surface area (Å²) < 4.78 is 13.3. The highest BCUT2D eigenvalue weighted by Gasteiger charge is 2.34. The summed E-state index contributed by atoms with van der Waals surface area (Å²) in [6.45, 7) is 0.890. The molecule has 0 amide bonds. The molecule has 2 aromatic rings. The SMILES string of the molecule is OC[C@H]1[C@H](c2ccccc2)CCN1c1ccc(F)c(Cl)c1. The van der Waals surface area contributed by atoms with Crippen molar-refractivity contribution in [3.63, 3.8) is 0 Å². The molecule has 110 valence electrons. The Hall–Kier alpha value is -1.58. The van der Waals surface area contributed by atoms with E-state index < -0.39 is 5.82 Å². The number of benzene rings is 2. The highest BCUT2D eigenvalue weighted by Crippen LogP contribution is 2.37. The predicted molar refractivity (Wildman–Crippen MR) is 83.4 cm³/mol. The molecular weight excluding hydrogens is 289 g/mol. The van der Waals surface area contributed by atoms with Crippen molar-refractivity contribution in [1.82, 2.24) is 0 Å². The molecule has 0 spiro atoms. The van der Waals surface area contributed by atoms with E-state index in [4.69, 9.17) is 11.6 Å². The van der Waals surface area contributed by atoms with Crippen LogP contribution in [0.1, 0.15) is 17.9 Å². The van der Waals surface area contributed by atoms with Gasteiger partial charge >= 0.3 is 0 Å². The highest BCUT2D eigenvalue weighted by atomic mass is 35.5. The first-order chi connectivity index (χ1) is 10.2. The monoisotopic (exact) mass is 305 g/mol. The van der Waals surface area contributed by atoms with Crippen LogP contribution in [-0.4, -0.2) is 24.3 Å². The van der Waals surface area contributed by atoms with Crippen LogP contribution in [0.25, 0.3) is 0 Å². The molecule has 4 heteroatoms. The van der Waals surface area contributed by atoms with E-state index >= 15 is 0 Å². The van der Waals surface area contributed by atoms with Crippen molar-refractivity contribution in [2.45, 2.75) is 18.4 Å². The topological polar surface area (TPSA) is 23.5 Å². The van der Waals surface area contributed by atoms with Gasteiger partial charge < -0.3 is 10.0 Å². The molecule has 3 rings (SSSR count). The zero-order chi connectivity index (χ0) is 14.8. The Morgan fingerprint density at radius 2 is 1.95 bits per heavy atom. The first-order valence-corrected chi connectivity index (χ1v) is 7.46. The summed E-state index contributed by atoms with van der Waals surface area (Å²) in [6, 6.07) is 14.9. The minimum Gasteiger partial charge on any atom is -0.394 e. The number of hydrogen-bond donors (Lipinski definition) is 1. The number of rotatable bonds is 3. The first-order valence-electron chi connectivity index (χ1n) is 7.08. The minimum absolute atomic E-state index is 0.00562. The molecular formula is C17H17ClFNO.